The number of ether oxygens (including phenoxy) is 1. The van der Waals surface area contributed by atoms with Crippen LogP contribution in [0.4, 0.5) is 20.7 Å². The third kappa shape index (κ3) is 11.6. The molecule has 2 saturated heterocycles. The number of pyridine rings is 2. The molecule has 4 aromatic heterocycles. The molecule has 2 aliphatic carbocycles. The van der Waals surface area contributed by atoms with Crippen molar-refractivity contribution in [3.05, 3.63) is 192 Å². The lowest BCUT2D eigenvalue weighted by molar-refractivity contribution is 0.0722. The Morgan fingerprint density at radius 3 is 1.38 bits per heavy atom. The molecule has 4 fully saturated rings. The molecule has 6 heterocycles. The number of halogens is 2. The van der Waals surface area contributed by atoms with Gasteiger partial charge in [-0.15, -0.1) is 0 Å². The maximum Gasteiger partial charge on any atom is 0.258 e. The molecule has 2 amide bonds. The Morgan fingerprint density at radius 2 is 0.947 bits per heavy atom. The van der Waals surface area contributed by atoms with Crippen molar-refractivity contribution in [1.82, 2.24) is 39.7 Å². The zero-order chi connectivity index (χ0) is 51.8. The molecule has 0 atom stereocenters. The number of hydrogen-bond donors (Lipinski definition) is 0. The van der Waals surface area contributed by atoms with Crippen molar-refractivity contribution >= 4 is 23.7 Å². The molecule has 2 saturated carbocycles. The lowest BCUT2D eigenvalue weighted by Gasteiger charge is -2.28. The molecule has 0 N–H and O–H groups in total. The molecule has 0 spiro atoms. The van der Waals surface area contributed by atoms with Gasteiger partial charge in [0.2, 0.25) is 11.9 Å². The van der Waals surface area contributed by atoms with E-state index in [-0.39, 0.29) is 23.9 Å². The summed E-state index contributed by atoms with van der Waals surface area (Å²) >= 11 is 0. The normalized spacial score (nSPS) is 15.3. The molecule has 4 aliphatic rings. The number of carbonyl (C=O) groups is 2. The smallest absolute Gasteiger partial charge is 0.258 e. The highest BCUT2D eigenvalue weighted by Gasteiger charge is 2.37. The monoisotopic (exact) mass is 1020 g/mol. The van der Waals surface area contributed by atoms with Gasteiger partial charge in [-0.2, -0.15) is 0 Å². The topological polar surface area (TPSA) is 134 Å². The SMILES string of the molecule is O=C(c1cnc(N2CCCCC2)nc1-c1ccccc1F)N(Cc1cccc(-c2ccncc2)c1)C1CC1.O=C(c1cnc(N2CCOCC2)nc1-c1ccccc1F)N(Cc1cccc(-c2ccncc2)c1)C1CC1. The highest BCUT2D eigenvalue weighted by molar-refractivity contribution is 6.01. The zero-order valence-electron chi connectivity index (χ0n) is 42.2. The lowest BCUT2D eigenvalue weighted by atomic mass is 10.0. The van der Waals surface area contributed by atoms with E-state index in [0.717, 1.165) is 85.0 Å². The summed E-state index contributed by atoms with van der Waals surface area (Å²) in [5.74, 6) is -0.128. The van der Waals surface area contributed by atoms with Gasteiger partial charge in [0.05, 0.1) is 35.7 Å². The van der Waals surface area contributed by atoms with Crippen molar-refractivity contribution in [3.63, 3.8) is 0 Å². The predicted molar refractivity (Wildman–Crippen MR) is 289 cm³/mol. The van der Waals surface area contributed by atoms with E-state index in [4.69, 9.17) is 14.7 Å². The number of hydrogen-bond acceptors (Lipinski definition) is 11. The van der Waals surface area contributed by atoms with Crippen LogP contribution in [-0.2, 0) is 17.8 Å². The maximum atomic E-state index is 15.0. The first-order chi connectivity index (χ1) is 37.3. The number of aromatic nitrogens is 6. The van der Waals surface area contributed by atoms with Crippen LogP contribution in [0.1, 0.15) is 76.8 Å². The molecule has 13 nitrogen and oxygen atoms in total. The largest absolute Gasteiger partial charge is 0.378 e. The first-order valence-corrected chi connectivity index (χ1v) is 26.3. The van der Waals surface area contributed by atoms with Gasteiger partial charge in [-0.25, -0.2) is 28.7 Å². The first-order valence-electron chi connectivity index (χ1n) is 26.3. The highest BCUT2D eigenvalue weighted by atomic mass is 19.1. The summed E-state index contributed by atoms with van der Waals surface area (Å²) in [5.41, 5.74) is 8.31. The quantitative estimate of drug-likeness (QED) is 0.103. The van der Waals surface area contributed by atoms with Gasteiger partial charge in [0.15, 0.2) is 0 Å². The molecule has 12 rings (SSSR count). The van der Waals surface area contributed by atoms with Gasteiger partial charge in [0.1, 0.15) is 11.6 Å². The van der Waals surface area contributed by atoms with E-state index in [0.29, 0.717) is 84.9 Å². The van der Waals surface area contributed by atoms with Crippen molar-refractivity contribution < 1.29 is 23.1 Å². The third-order valence-electron chi connectivity index (χ3n) is 14.3. The zero-order valence-corrected chi connectivity index (χ0v) is 42.2. The Morgan fingerprint density at radius 1 is 0.513 bits per heavy atom. The molecule has 384 valence electrons. The minimum Gasteiger partial charge on any atom is -0.378 e. The number of benzene rings is 4. The standard InChI is InChI=1S/C31H30FN5O.C30H28FN5O2/c32-28-10-3-2-9-26(28)29-27(20-34-31(35-29)36-17-4-1-5-18-36)30(38)37(25-11-12-25)21-22-7-6-8-24(19-22)23-13-15-33-16-14-23;31-27-7-2-1-6-25(27)28-26(19-33-30(34-28)35-14-16-38-17-15-35)29(37)36(24-8-9-24)20-21-4-3-5-23(18-21)22-10-12-32-13-11-22/h2-3,6-10,13-16,19-20,25H,1,4-5,11-12,17-18,21H2;1-7,10-13,18-19,24H,8-9,14-17,20H2. The van der Waals surface area contributed by atoms with Crippen LogP contribution in [0, 0.1) is 11.6 Å². The van der Waals surface area contributed by atoms with Crippen LogP contribution >= 0.6 is 0 Å². The van der Waals surface area contributed by atoms with Crippen LogP contribution in [0.15, 0.2) is 159 Å². The van der Waals surface area contributed by atoms with Crippen molar-refractivity contribution in [3.8, 4) is 44.8 Å². The van der Waals surface area contributed by atoms with Crippen LogP contribution in [0.2, 0.25) is 0 Å². The minimum absolute atomic E-state index is 0.138. The summed E-state index contributed by atoms with van der Waals surface area (Å²) in [6.45, 7) is 5.09. The Hall–Kier alpha value is -8.30. The van der Waals surface area contributed by atoms with Gasteiger partial charge in [-0.1, -0.05) is 60.7 Å². The summed E-state index contributed by atoms with van der Waals surface area (Å²) in [4.78, 5) is 62.9. The summed E-state index contributed by atoms with van der Waals surface area (Å²) in [6, 6.07) is 37.6. The van der Waals surface area contributed by atoms with Crippen LogP contribution in [-0.4, -0.2) is 103 Å². The van der Waals surface area contributed by atoms with Crippen molar-refractivity contribution in [2.24, 2.45) is 0 Å². The Bertz CT molecular complexity index is 3090. The Labute approximate surface area is 441 Å². The Kier molecular flexibility index (Phi) is 15.1. The fourth-order valence-corrected chi connectivity index (χ4v) is 9.93. The molecule has 0 bridgehead atoms. The molecule has 0 unspecified atom stereocenters. The van der Waals surface area contributed by atoms with Gasteiger partial charge in [0, 0.05) is 99.7 Å². The van der Waals surface area contributed by atoms with Gasteiger partial charge in [0.25, 0.3) is 11.8 Å². The second-order valence-corrected chi connectivity index (χ2v) is 19.7. The van der Waals surface area contributed by atoms with E-state index in [1.54, 1.807) is 73.6 Å². The second kappa shape index (κ2) is 23.1. The summed E-state index contributed by atoms with van der Waals surface area (Å²) in [5, 5.41) is 0. The van der Waals surface area contributed by atoms with Gasteiger partial charge in [-0.3, -0.25) is 19.6 Å². The lowest BCUT2D eigenvalue weighted by Crippen LogP contribution is -2.38. The predicted octanol–water partition coefficient (Wildman–Crippen LogP) is 11.1. The van der Waals surface area contributed by atoms with E-state index in [9.17, 15) is 14.0 Å². The fraction of sp³-hybridized carbons (Fsp3) is 0.279. The van der Waals surface area contributed by atoms with E-state index in [1.165, 1.54) is 18.6 Å². The molecule has 2 aliphatic heterocycles. The number of piperidine rings is 1. The average Bonchev–Trinajstić information content (AvgIpc) is 4.44. The third-order valence-corrected chi connectivity index (χ3v) is 14.3. The van der Waals surface area contributed by atoms with E-state index in [2.05, 4.69) is 49.1 Å². The first kappa shape index (κ1) is 49.9. The molecule has 15 heteroatoms. The number of morpholine rings is 1. The minimum atomic E-state index is -0.420. The maximum absolute atomic E-state index is 15.0. The van der Waals surface area contributed by atoms with Gasteiger partial charge < -0.3 is 24.3 Å². The number of carbonyl (C=O) groups excluding carboxylic acids is 2. The van der Waals surface area contributed by atoms with Crippen LogP contribution in [0.5, 0.6) is 0 Å². The molecule has 4 aromatic carbocycles. The highest BCUT2D eigenvalue weighted by Crippen LogP contribution is 2.36. The fourth-order valence-electron chi connectivity index (χ4n) is 9.93. The second-order valence-electron chi connectivity index (χ2n) is 19.7. The molecular weight excluding hydrogens is 959 g/mol. The van der Waals surface area contributed by atoms with Crippen molar-refractivity contribution in [1.29, 1.82) is 0 Å². The van der Waals surface area contributed by atoms with Crippen LogP contribution in [0.3, 0.4) is 0 Å². The molecule has 8 aromatic rings. The van der Waals surface area contributed by atoms with Crippen molar-refractivity contribution in [2.75, 3.05) is 49.2 Å². The summed E-state index contributed by atoms with van der Waals surface area (Å²) in [7, 11) is 0. The van der Waals surface area contributed by atoms with E-state index in [1.807, 2.05) is 63.2 Å². The average molecular weight is 1020 g/mol. The van der Waals surface area contributed by atoms with E-state index >= 15 is 4.39 Å². The van der Waals surface area contributed by atoms with Crippen LogP contribution < -0.4 is 9.80 Å². The van der Waals surface area contributed by atoms with Gasteiger partial charge >= 0.3 is 0 Å². The summed E-state index contributed by atoms with van der Waals surface area (Å²) < 4.78 is 35.5. The number of rotatable bonds is 14. The number of anilines is 2. The number of nitrogens with zero attached hydrogens (tertiary/aromatic N) is 10. The van der Waals surface area contributed by atoms with E-state index < -0.39 is 11.6 Å². The molecule has 0 radical (unpaired) electrons. The van der Waals surface area contributed by atoms with Crippen molar-refractivity contribution in [2.45, 2.75) is 70.1 Å². The Balaban J connectivity index is 0.000000162. The summed E-state index contributed by atoms with van der Waals surface area (Å²) in [6.07, 6.45) is 17.4. The molecule has 76 heavy (non-hydrogen) atoms. The molecular formula is C61H58F2N10O3. The van der Waals surface area contributed by atoms with Gasteiger partial charge in [-0.05, 0) is 139 Å². The van der Waals surface area contributed by atoms with Crippen LogP contribution in [0.25, 0.3) is 44.8 Å². The number of amides is 2.